The standard InChI is InChI=1S/C14H18N2O5/c1-2-5-15-13(20)9-4-3-6-16(7-9)14-12(19)11(18)10(8-17)21-14/h2-4,6-7,10-12,14,17-19H,1,5,8H2/p+1/t10-,11-,12-,14-/m1/s1. The number of aliphatic hydroxyl groups excluding tert-OH is 3. The molecular weight excluding hydrogens is 276 g/mol. The molecule has 1 amide bonds. The highest BCUT2D eigenvalue weighted by Gasteiger charge is 2.47. The van der Waals surface area contributed by atoms with Crippen LogP contribution in [0, 0.1) is 0 Å². The summed E-state index contributed by atoms with van der Waals surface area (Å²) in [5, 5.41) is 31.4. The van der Waals surface area contributed by atoms with Gasteiger partial charge in [-0.2, -0.15) is 4.57 Å². The molecule has 4 atom stereocenters. The van der Waals surface area contributed by atoms with E-state index in [1.807, 2.05) is 0 Å². The number of carbonyl (C=O) groups excluding carboxylic acids is 1. The van der Waals surface area contributed by atoms with Crippen LogP contribution in [0.3, 0.4) is 0 Å². The van der Waals surface area contributed by atoms with Crippen molar-refractivity contribution in [2.75, 3.05) is 13.2 Å². The number of amides is 1. The van der Waals surface area contributed by atoms with Crippen molar-refractivity contribution in [3.63, 3.8) is 0 Å². The average Bonchev–Trinajstić information content (AvgIpc) is 2.80. The highest BCUT2D eigenvalue weighted by molar-refractivity contribution is 5.93. The van der Waals surface area contributed by atoms with Crippen molar-refractivity contribution in [3.8, 4) is 0 Å². The number of aromatic nitrogens is 1. The maximum Gasteiger partial charge on any atom is 0.292 e. The SMILES string of the molecule is C=CCNC(=O)c1ccc[n+]([C@@H]2O[C@H](CO)[C@@H](O)[C@H]2O)c1. The van der Waals surface area contributed by atoms with Crippen LogP contribution in [0.2, 0.25) is 0 Å². The Kier molecular flexibility index (Phi) is 5.03. The highest BCUT2D eigenvalue weighted by Crippen LogP contribution is 2.25. The molecule has 0 aliphatic carbocycles. The second-order valence-electron chi connectivity index (χ2n) is 4.77. The molecule has 1 aromatic heterocycles. The molecule has 1 aromatic rings. The second kappa shape index (κ2) is 6.77. The number of rotatable bonds is 5. The summed E-state index contributed by atoms with van der Waals surface area (Å²) in [6, 6.07) is 3.26. The van der Waals surface area contributed by atoms with Crippen molar-refractivity contribution < 1.29 is 29.4 Å². The minimum atomic E-state index is -1.18. The van der Waals surface area contributed by atoms with E-state index in [1.54, 1.807) is 24.4 Å². The Labute approximate surface area is 122 Å². The Balaban J connectivity index is 2.18. The van der Waals surface area contributed by atoms with E-state index in [1.165, 1.54) is 10.8 Å². The van der Waals surface area contributed by atoms with Crippen LogP contribution in [0.25, 0.3) is 0 Å². The van der Waals surface area contributed by atoms with Gasteiger partial charge in [0, 0.05) is 12.6 Å². The van der Waals surface area contributed by atoms with E-state index in [9.17, 15) is 15.0 Å². The first kappa shape index (κ1) is 15.6. The molecule has 4 N–H and O–H groups in total. The quantitative estimate of drug-likeness (QED) is 0.391. The Bertz CT molecular complexity index is 522. The van der Waals surface area contributed by atoms with Crippen molar-refractivity contribution in [2.45, 2.75) is 24.5 Å². The lowest BCUT2D eigenvalue weighted by Gasteiger charge is -2.10. The molecule has 1 aliphatic rings. The maximum absolute atomic E-state index is 11.9. The Morgan fingerprint density at radius 2 is 2.24 bits per heavy atom. The minimum absolute atomic E-state index is 0.281. The topological polar surface area (TPSA) is 103 Å². The first-order chi connectivity index (χ1) is 10.1. The van der Waals surface area contributed by atoms with E-state index >= 15 is 0 Å². The molecule has 7 heteroatoms. The van der Waals surface area contributed by atoms with Gasteiger partial charge in [-0.05, 0) is 6.07 Å². The highest BCUT2D eigenvalue weighted by atomic mass is 16.6. The monoisotopic (exact) mass is 295 g/mol. The zero-order chi connectivity index (χ0) is 15.4. The average molecular weight is 295 g/mol. The van der Waals surface area contributed by atoms with E-state index in [2.05, 4.69) is 11.9 Å². The van der Waals surface area contributed by atoms with Crippen LogP contribution in [0.4, 0.5) is 0 Å². The Morgan fingerprint density at radius 3 is 2.86 bits per heavy atom. The van der Waals surface area contributed by atoms with Crippen molar-refractivity contribution >= 4 is 5.91 Å². The third kappa shape index (κ3) is 3.27. The molecule has 7 nitrogen and oxygen atoms in total. The van der Waals surface area contributed by atoms with Gasteiger partial charge >= 0.3 is 0 Å². The number of ether oxygens (including phenoxy) is 1. The Hall–Kier alpha value is -1.80. The number of hydrogen-bond acceptors (Lipinski definition) is 5. The largest absolute Gasteiger partial charge is 0.394 e. The van der Waals surface area contributed by atoms with Gasteiger partial charge < -0.3 is 25.4 Å². The van der Waals surface area contributed by atoms with Crippen LogP contribution in [-0.2, 0) is 4.74 Å². The fraction of sp³-hybridized carbons (Fsp3) is 0.429. The van der Waals surface area contributed by atoms with Gasteiger partial charge in [-0.3, -0.25) is 4.79 Å². The molecule has 0 unspecified atom stereocenters. The van der Waals surface area contributed by atoms with Crippen molar-refractivity contribution in [1.29, 1.82) is 0 Å². The van der Waals surface area contributed by atoms with Crippen molar-refractivity contribution in [2.24, 2.45) is 0 Å². The lowest BCUT2D eigenvalue weighted by Crippen LogP contribution is -2.46. The molecule has 2 rings (SSSR count). The molecule has 1 aliphatic heterocycles. The van der Waals surface area contributed by atoms with Crippen LogP contribution in [0.5, 0.6) is 0 Å². The fourth-order valence-electron chi connectivity index (χ4n) is 2.18. The van der Waals surface area contributed by atoms with Gasteiger partial charge in [0.1, 0.15) is 17.8 Å². The molecular formula is C14H19N2O5+. The van der Waals surface area contributed by atoms with Gasteiger partial charge in [-0.1, -0.05) is 6.08 Å². The van der Waals surface area contributed by atoms with Gasteiger partial charge in [0.2, 0.25) is 0 Å². The number of pyridine rings is 1. The van der Waals surface area contributed by atoms with Gasteiger partial charge in [-0.15, -0.1) is 6.58 Å². The Morgan fingerprint density at radius 1 is 1.48 bits per heavy atom. The maximum atomic E-state index is 11.9. The third-order valence-corrected chi connectivity index (χ3v) is 3.30. The van der Waals surface area contributed by atoms with E-state index in [0.717, 1.165) is 0 Å². The number of aliphatic hydroxyl groups is 3. The summed E-state index contributed by atoms with van der Waals surface area (Å²) in [6.45, 7) is 3.47. The van der Waals surface area contributed by atoms with Crippen LogP contribution in [0.1, 0.15) is 16.6 Å². The summed E-state index contributed by atoms with van der Waals surface area (Å²) in [7, 11) is 0. The minimum Gasteiger partial charge on any atom is -0.394 e. The summed E-state index contributed by atoms with van der Waals surface area (Å²) < 4.78 is 6.89. The number of hydrogen-bond donors (Lipinski definition) is 4. The zero-order valence-corrected chi connectivity index (χ0v) is 11.4. The molecule has 21 heavy (non-hydrogen) atoms. The molecule has 1 fully saturated rings. The van der Waals surface area contributed by atoms with Crippen LogP contribution in [0.15, 0.2) is 37.2 Å². The molecule has 2 heterocycles. The first-order valence-corrected chi connectivity index (χ1v) is 6.61. The van der Waals surface area contributed by atoms with Crippen molar-refractivity contribution in [1.82, 2.24) is 5.32 Å². The molecule has 0 radical (unpaired) electrons. The summed E-state index contributed by atoms with van der Waals surface area (Å²) >= 11 is 0. The zero-order valence-electron chi connectivity index (χ0n) is 11.4. The summed E-state index contributed by atoms with van der Waals surface area (Å²) in [5.41, 5.74) is 0.386. The molecule has 0 saturated carbocycles. The second-order valence-corrected chi connectivity index (χ2v) is 4.77. The molecule has 0 bridgehead atoms. The molecule has 1 saturated heterocycles. The van der Waals surface area contributed by atoms with Crippen molar-refractivity contribution in [3.05, 3.63) is 42.7 Å². The van der Waals surface area contributed by atoms with Gasteiger partial charge in [-0.25, -0.2) is 0 Å². The predicted octanol–water partition coefficient (Wildman–Crippen LogP) is -1.50. The van der Waals surface area contributed by atoms with Crippen LogP contribution >= 0.6 is 0 Å². The molecule has 114 valence electrons. The van der Waals surface area contributed by atoms with E-state index < -0.39 is 31.1 Å². The van der Waals surface area contributed by atoms with E-state index in [4.69, 9.17) is 9.84 Å². The van der Waals surface area contributed by atoms with E-state index in [0.29, 0.717) is 12.1 Å². The lowest BCUT2D eigenvalue weighted by atomic mass is 10.1. The van der Waals surface area contributed by atoms with Gasteiger partial charge in [0.15, 0.2) is 18.5 Å². The van der Waals surface area contributed by atoms with Gasteiger partial charge in [0.05, 0.1) is 6.61 Å². The summed E-state index contributed by atoms with van der Waals surface area (Å²) in [6.07, 6.45) is 0.633. The fourth-order valence-corrected chi connectivity index (χ4v) is 2.18. The molecule has 0 spiro atoms. The van der Waals surface area contributed by atoms with E-state index in [-0.39, 0.29) is 5.91 Å². The summed E-state index contributed by atoms with van der Waals surface area (Å²) in [5.74, 6) is -0.281. The number of carbonyl (C=O) groups is 1. The number of nitrogens with zero attached hydrogens (tertiary/aromatic N) is 1. The lowest BCUT2D eigenvalue weighted by molar-refractivity contribution is -0.765. The predicted molar refractivity (Wildman–Crippen MR) is 72.2 cm³/mol. The smallest absolute Gasteiger partial charge is 0.292 e. The summed E-state index contributed by atoms with van der Waals surface area (Å²) in [4.78, 5) is 11.9. The molecule has 0 aromatic carbocycles. The number of nitrogens with one attached hydrogen (secondary N) is 1. The third-order valence-electron chi connectivity index (χ3n) is 3.30. The van der Waals surface area contributed by atoms with Gasteiger partial charge in [0.25, 0.3) is 12.1 Å². The normalized spacial score (nSPS) is 28.3. The van der Waals surface area contributed by atoms with Crippen LogP contribution < -0.4 is 9.88 Å². The first-order valence-electron chi connectivity index (χ1n) is 6.61. The van der Waals surface area contributed by atoms with Crippen LogP contribution in [-0.4, -0.2) is 52.7 Å².